The fraction of sp³-hybridized carbons (Fsp3) is 0.444. The molecule has 27 heavy (non-hydrogen) atoms. The molecular formula is C18H25N5O3S. The van der Waals surface area contributed by atoms with E-state index in [1.165, 1.54) is 12.1 Å². The van der Waals surface area contributed by atoms with E-state index >= 15 is 0 Å². The lowest BCUT2D eigenvalue weighted by atomic mass is 10.1. The number of anilines is 1. The molecule has 146 valence electrons. The van der Waals surface area contributed by atoms with E-state index in [0.717, 1.165) is 25.9 Å². The largest absolute Gasteiger partial charge is 0.321 e. The summed E-state index contributed by atoms with van der Waals surface area (Å²) in [6, 6.07) is 7.82. The zero-order valence-electron chi connectivity index (χ0n) is 15.5. The summed E-state index contributed by atoms with van der Waals surface area (Å²) < 4.78 is 28.6. The Morgan fingerprint density at radius 2 is 2.00 bits per heavy atom. The van der Waals surface area contributed by atoms with Crippen molar-refractivity contribution in [3.8, 4) is 0 Å². The van der Waals surface area contributed by atoms with E-state index < -0.39 is 10.0 Å². The van der Waals surface area contributed by atoms with Crippen molar-refractivity contribution in [3.63, 3.8) is 0 Å². The molecule has 0 bridgehead atoms. The summed E-state index contributed by atoms with van der Waals surface area (Å²) in [7, 11) is -3.55. The Morgan fingerprint density at radius 1 is 1.26 bits per heavy atom. The van der Waals surface area contributed by atoms with Gasteiger partial charge in [0.2, 0.25) is 10.0 Å². The predicted molar refractivity (Wildman–Crippen MR) is 103 cm³/mol. The first-order chi connectivity index (χ1) is 12.8. The molecule has 0 radical (unpaired) electrons. The van der Waals surface area contributed by atoms with Gasteiger partial charge in [-0.05, 0) is 63.6 Å². The van der Waals surface area contributed by atoms with Crippen molar-refractivity contribution in [2.75, 3.05) is 18.4 Å². The zero-order chi connectivity index (χ0) is 19.4. The van der Waals surface area contributed by atoms with Crippen LogP contribution in [-0.2, 0) is 10.0 Å². The van der Waals surface area contributed by atoms with Crippen LogP contribution in [0.1, 0.15) is 43.2 Å². The van der Waals surface area contributed by atoms with Crippen molar-refractivity contribution in [1.82, 2.24) is 19.8 Å². The molecule has 1 saturated heterocycles. The molecule has 2 aromatic rings. The number of nitrogens with zero attached hydrogens (tertiary/aromatic N) is 2. The molecule has 1 amide bonds. The molecule has 1 aromatic heterocycles. The number of hydrogen-bond donors (Lipinski definition) is 3. The Morgan fingerprint density at radius 3 is 2.63 bits per heavy atom. The molecule has 1 aliphatic rings. The van der Waals surface area contributed by atoms with Crippen LogP contribution in [0.3, 0.4) is 0 Å². The van der Waals surface area contributed by atoms with E-state index in [1.807, 2.05) is 10.9 Å². The summed E-state index contributed by atoms with van der Waals surface area (Å²) in [6.45, 7) is 5.38. The molecule has 0 spiro atoms. The van der Waals surface area contributed by atoms with Gasteiger partial charge in [-0.2, -0.15) is 5.10 Å². The van der Waals surface area contributed by atoms with Gasteiger partial charge in [-0.25, -0.2) is 13.1 Å². The first-order valence-corrected chi connectivity index (χ1v) is 10.5. The summed E-state index contributed by atoms with van der Waals surface area (Å²) in [6.07, 6.45) is 3.95. The summed E-state index contributed by atoms with van der Waals surface area (Å²) in [5, 5.41) is 10.5. The van der Waals surface area contributed by atoms with Crippen LogP contribution >= 0.6 is 0 Å². The second-order valence-corrected chi connectivity index (χ2v) is 8.65. The molecule has 3 rings (SSSR count). The lowest BCUT2D eigenvalue weighted by molar-refractivity contribution is 0.102. The minimum absolute atomic E-state index is 0.156. The van der Waals surface area contributed by atoms with Crippen molar-refractivity contribution in [2.24, 2.45) is 0 Å². The van der Waals surface area contributed by atoms with Crippen LogP contribution in [0.25, 0.3) is 0 Å². The van der Waals surface area contributed by atoms with Crippen LogP contribution in [0.15, 0.2) is 41.4 Å². The van der Waals surface area contributed by atoms with Gasteiger partial charge in [-0.1, -0.05) is 0 Å². The highest BCUT2D eigenvalue weighted by atomic mass is 32.2. The summed E-state index contributed by atoms with van der Waals surface area (Å²) in [5.74, 6) is -0.326. The lowest BCUT2D eigenvalue weighted by Crippen LogP contribution is -2.32. The highest BCUT2D eigenvalue weighted by Crippen LogP contribution is 2.17. The van der Waals surface area contributed by atoms with E-state index in [0.29, 0.717) is 11.4 Å². The van der Waals surface area contributed by atoms with Crippen molar-refractivity contribution >= 4 is 21.6 Å². The number of carbonyl (C=O) groups excluding carboxylic acids is 1. The molecule has 3 N–H and O–H groups in total. The second-order valence-electron chi connectivity index (χ2n) is 6.94. The average molecular weight is 391 g/mol. The van der Waals surface area contributed by atoms with Gasteiger partial charge in [0.15, 0.2) is 5.69 Å². The Kier molecular flexibility index (Phi) is 5.93. The van der Waals surface area contributed by atoms with Crippen molar-refractivity contribution in [1.29, 1.82) is 0 Å². The van der Waals surface area contributed by atoms with Crippen LogP contribution in [0, 0.1) is 0 Å². The molecule has 8 nitrogen and oxygen atoms in total. The minimum Gasteiger partial charge on any atom is -0.321 e. The molecule has 2 heterocycles. The Bertz CT molecular complexity index is 884. The highest BCUT2D eigenvalue weighted by molar-refractivity contribution is 7.89. The van der Waals surface area contributed by atoms with E-state index in [9.17, 15) is 13.2 Å². The summed E-state index contributed by atoms with van der Waals surface area (Å²) >= 11 is 0. The molecular weight excluding hydrogens is 366 g/mol. The molecule has 1 unspecified atom stereocenters. The second kappa shape index (κ2) is 8.20. The highest BCUT2D eigenvalue weighted by Gasteiger charge is 2.18. The monoisotopic (exact) mass is 391 g/mol. The maximum Gasteiger partial charge on any atom is 0.276 e. The number of benzene rings is 1. The Hall–Kier alpha value is -2.23. The SMILES string of the molecule is CC(C)NS(=O)(=O)c1ccc(NC(=O)c2ccn(C3CCCNC3)n2)cc1. The van der Waals surface area contributed by atoms with Gasteiger partial charge in [0, 0.05) is 24.5 Å². The van der Waals surface area contributed by atoms with Crippen LogP contribution in [0.4, 0.5) is 5.69 Å². The summed E-state index contributed by atoms with van der Waals surface area (Å²) in [4.78, 5) is 12.6. The number of nitrogens with one attached hydrogen (secondary N) is 3. The van der Waals surface area contributed by atoms with Gasteiger partial charge in [0.05, 0.1) is 10.9 Å². The van der Waals surface area contributed by atoms with Gasteiger partial charge in [0.1, 0.15) is 0 Å². The average Bonchev–Trinajstić information content (AvgIpc) is 3.12. The first-order valence-electron chi connectivity index (χ1n) is 9.05. The third-order valence-corrected chi connectivity index (χ3v) is 5.97. The van der Waals surface area contributed by atoms with E-state index in [2.05, 4.69) is 20.5 Å². The first kappa shape index (κ1) is 19.5. The zero-order valence-corrected chi connectivity index (χ0v) is 16.3. The van der Waals surface area contributed by atoms with Gasteiger partial charge in [0.25, 0.3) is 5.91 Å². The van der Waals surface area contributed by atoms with Crippen molar-refractivity contribution < 1.29 is 13.2 Å². The van der Waals surface area contributed by atoms with Crippen LogP contribution in [0.2, 0.25) is 0 Å². The van der Waals surface area contributed by atoms with Crippen molar-refractivity contribution in [3.05, 3.63) is 42.2 Å². The van der Waals surface area contributed by atoms with Gasteiger partial charge < -0.3 is 10.6 Å². The molecule has 1 aliphatic heterocycles. The quantitative estimate of drug-likeness (QED) is 0.696. The van der Waals surface area contributed by atoms with Gasteiger partial charge >= 0.3 is 0 Å². The predicted octanol–water partition coefficient (Wildman–Crippen LogP) is 1.75. The third kappa shape index (κ3) is 4.94. The van der Waals surface area contributed by atoms with Crippen LogP contribution in [0.5, 0.6) is 0 Å². The number of aromatic nitrogens is 2. The minimum atomic E-state index is -3.55. The molecule has 1 aromatic carbocycles. The summed E-state index contributed by atoms with van der Waals surface area (Å²) in [5.41, 5.74) is 0.844. The molecule has 9 heteroatoms. The van der Waals surface area contributed by atoms with Crippen LogP contribution in [-0.4, -0.2) is 43.2 Å². The number of hydrogen-bond acceptors (Lipinski definition) is 5. The Labute approximate surface area is 159 Å². The van der Waals surface area contributed by atoms with E-state index in [1.54, 1.807) is 32.0 Å². The van der Waals surface area contributed by atoms with E-state index in [-0.39, 0.29) is 22.9 Å². The van der Waals surface area contributed by atoms with E-state index in [4.69, 9.17) is 0 Å². The maximum atomic E-state index is 12.4. The normalized spacial score (nSPS) is 17.8. The van der Waals surface area contributed by atoms with Crippen molar-refractivity contribution in [2.45, 2.75) is 43.7 Å². The number of rotatable bonds is 6. The molecule has 0 saturated carbocycles. The van der Waals surface area contributed by atoms with Crippen LogP contribution < -0.4 is 15.4 Å². The Balaban J connectivity index is 1.65. The fourth-order valence-corrected chi connectivity index (χ4v) is 4.26. The molecule has 1 atom stereocenters. The van der Waals surface area contributed by atoms with Gasteiger partial charge in [-0.15, -0.1) is 0 Å². The maximum absolute atomic E-state index is 12.4. The molecule has 0 aliphatic carbocycles. The number of piperidine rings is 1. The number of amides is 1. The number of carbonyl (C=O) groups is 1. The lowest BCUT2D eigenvalue weighted by Gasteiger charge is -2.22. The molecule has 1 fully saturated rings. The smallest absolute Gasteiger partial charge is 0.276 e. The number of sulfonamides is 1. The fourth-order valence-electron chi connectivity index (χ4n) is 3.01. The van der Waals surface area contributed by atoms with Gasteiger partial charge in [-0.3, -0.25) is 9.48 Å². The third-order valence-electron chi connectivity index (χ3n) is 4.30. The topological polar surface area (TPSA) is 105 Å². The standard InChI is InChI=1S/C18H25N5O3S/c1-13(2)22-27(25,26)16-7-5-14(6-8-16)20-18(24)17-9-11-23(21-17)15-4-3-10-19-12-15/h5-9,11,13,15,19,22H,3-4,10,12H2,1-2H3,(H,20,24).